The van der Waals surface area contributed by atoms with Crippen LogP contribution in [-0.2, 0) is 24.0 Å². The number of oxime groups is 2. The zero-order chi connectivity index (χ0) is 28.1. The van der Waals surface area contributed by atoms with Crippen LogP contribution in [0.15, 0.2) is 27.3 Å². The summed E-state index contributed by atoms with van der Waals surface area (Å²) in [4.78, 5) is 8.41. The lowest BCUT2D eigenvalue weighted by molar-refractivity contribution is 0.0827. The molecular formula is C22H33Cl3F2N2O6S. The van der Waals surface area contributed by atoms with Crippen molar-refractivity contribution >= 4 is 57.4 Å². The summed E-state index contributed by atoms with van der Waals surface area (Å²) in [7, 11) is -1.63. The molecule has 8 nitrogen and oxygen atoms in total. The second-order valence-corrected chi connectivity index (χ2v) is 10.4. The molecule has 0 aliphatic heterocycles. The van der Waals surface area contributed by atoms with Gasteiger partial charge in [0, 0.05) is 11.8 Å². The summed E-state index contributed by atoms with van der Waals surface area (Å²) in [5, 5.41) is 15.9. The summed E-state index contributed by atoms with van der Waals surface area (Å²) in [5.74, 6) is -1.22. The van der Waals surface area contributed by atoms with Crippen LogP contribution in [0.3, 0.4) is 0 Å². The van der Waals surface area contributed by atoms with Crippen LogP contribution >= 0.6 is 34.8 Å². The highest BCUT2D eigenvalue weighted by molar-refractivity contribution is 7.87. The van der Waals surface area contributed by atoms with E-state index in [1.165, 1.54) is 27.2 Å². The van der Waals surface area contributed by atoms with E-state index in [4.69, 9.17) is 39.0 Å². The minimum Gasteiger partial charge on any atom is -0.399 e. The zero-order valence-electron chi connectivity index (χ0n) is 20.9. The van der Waals surface area contributed by atoms with Gasteiger partial charge in [0.2, 0.25) is 0 Å². The van der Waals surface area contributed by atoms with Crippen molar-refractivity contribution < 1.29 is 36.2 Å². The van der Waals surface area contributed by atoms with Crippen molar-refractivity contribution in [2.45, 2.75) is 70.0 Å². The van der Waals surface area contributed by atoms with Crippen molar-refractivity contribution in [1.29, 1.82) is 0 Å². The molecule has 0 saturated heterocycles. The van der Waals surface area contributed by atoms with E-state index >= 15 is 0 Å². The van der Waals surface area contributed by atoms with Gasteiger partial charge in [0.05, 0.1) is 39.7 Å². The molecule has 0 saturated carbocycles. The molecule has 0 bridgehead atoms. The molecule has 0 aliphatic rings. The van der Waals surface area contributed by atoms with Crippen molar-refractivity contribution in [3.63, 3.8) is 0 Å². The van der Waals surface area contributed by atoms with Crippen molar-refractivity contribution in [1.82, 2.24) is 0 Å². The molecular weight excluding hydrogens is 565 g/mol. The summed E-state index contributed by atoms with van der Waals surface area (Å²) in [6, 6.07) is 2.30. The van der Waals surface area contributed by atoms with Gasteiger partial charge in [0.15, 0.2) is 0 Å². The molecule has 0 fully saturated rings. The molecule has 1 aromatic rings. The first-order valence-corrected chi connectivity index (χ1v) is 13.5. The predicted molar refractivity (Wildman–Crippen MR) is 139 cm³/mol. The molecule has 0 unspecified atom stereocenters. The number of aliphatic hydroxyl groups is 1. The van der Waals surface area contributed by atoms with Gasteiger partial charge in [0.25, 0.3) is 10.1 Å². The Hall–Kier alpha value is -1.24. The molecule has 0 spiro atoms. The molecule has 0 radical (unpaired) electrons. The average Bonchev–Trinajstić information content (AvgIpc) is 2.85. The van der Waals surface area contributed by atoms with Crippen LogP contribution in [0.1, 0.15) is 40.5 Å². The lowest BCUT2D eigenvalue weighted by Gasteiger charge is -2.23. The number of benzene rings is 1. The molecule has 14 heteroatoms. The highest BCUT2D eigenvalue weighted by Crippen LogP contribution is 2.33. The topological polar surface area (TPSA) is 107 Å². The number of hydrogen-bond donors (Lipinski definition) is 1. The third kappa shape index (κ3) is 11.4. The van der Waals surface area contributed by atoms with Crippen LogP contribution in [-0.4, -0.2) is 64.7 Å². The Bertz CT molecular complexity index is 956. The minimum atomic E-state index is -4.26. The predicted octanol–water partition coefficient (Wildman–Crippen LogP) is 6.10. The number of rotatable bonds is 13. The zero-order valence-corrected chi connectivity index (χ0v) is 24.0. The maximum absolute atomic E-state index is 14.0. The molecule has 0 aliphatic carbocycles. The molecule has 1 N–H and O–H groups in total. The third-order valence-electron chi connectivity index (χ3n) is 5.13. The van der Waals surface area contributed by atoms with Crippen LogP contribution < -0.4 is 0 Å². The molecule has 0 aromatic heterocycles. The van der Waals surface area contributed by atoms with E-state index < -0.39 is 46.5 Å². The SMILES string of the molecule is CC[C@@H](O)[C@@H](C)[C@H](F)/C=N/OC.CC[C@@H](OS(=O)(=O)c1cc(Cl)c(Cl)cc1Cl)[C@@H](C)[C@H](F)/C=N/OC. The van der Waals surface area contributed by atoms with Gasteiger partial charge in [-0.15, -0.1) is 0 Å². The van der Waals surface area contributed by atoms with Crippen molar-refractivity contribution in [3.8, 4) is 0 Å². The van der Waals surface area contributed by atoms with E-state index in [1.54, 1.807) is 20.8 Å². The highest BCUT2D eigenvalue weighted by Gasteiger charge is 2.31. The molecule has 1 rings (SSSR count). The summed E-state index contributed by atoms with van der Waals surface area (Å²) < 4.78 is 57.1. The second-order valence-electron chi connectivity index (χ2n) is 7.65. The van der Waals surface area contributed by atoms with Gasteiger partial charge < -0.3 is 14.8 Å². The Labute approximate surface area is 226 Å². The van der Waals surface area contributed by atoms with Gasteiger partial charge in [-0.25, -0.2) is 8.78 Å². The fourth-order valence-electron chi connectivity index (χ4n) is 2.74. The lowest BCUT2D eigenvalue weighted by Crippen LogP contribution is -2.32. The van der Waals surface area contributed by atoms with Crippen molar-refractivity contribution in [2.24, 2.45) is 22.1 Å². The van der Waals surface area contributed by atoms with Gasteiger partial charge in [-0.05, 0) is 25.0 Å². The van der Waals surface area contributed by atoms with Gasteiger partial charge >= 0.3 is 0 Å². The first-order chi connectivity index (χ1) is 16.8. The van der Waals surface area contributed by atoms with Crippen LogP contribution in [0, 0.1) is 11.8 Å². The van der Waals surface area contributed by atoms with Gasteiger partial charge in [-0.2, -0.15) is 8.42 Å². The van der Waals surface area contributed by atoms with E-state index in [2.05, 4.69) is 20.0 Å². The monoisotopic (exact) mass is 596 g/mol. The molecule has 208 valence electrons. The standard InChI is InChI=1S/C14H17Cl3FNO4S.C8H16FNO2/c1-4-13(8(2)12(18)7-19-22-3)23-24(20,21)14-6-10(16)9(15)5-11(14)17;1-4-8(11)6(2)7(9)5-10-12-3/h5-8,12-13H,4H2,1-3H3;5-8,11H,4H2,1-3H3/b19-7+;10-5+/t8-,12+,13+;6-,7+,8+/m00/s1. The van der Waals surface area contributed by atoms with E-state index in [9.17, 15) is 22.3 Å². The molecule has 0 amide bonds. The Morgan fingerprint density at radius 3 is 1.83 bits per heavy atom. The number of halogens is 5. The lowest BCUT2D eigenvalue weighted by atomic mass is 9.98. The number of alkyl halides is 2. The normalized spacial score (nSPS) is 17.1. The Morgan fingerprint density at radius 1 is 0.917 bits per heavy atom. The first kappa shape index (κ1) is 34.8. The van der Waals surface area contributed by atoms with Gasteiger partial charge in [-0.3, -0.25) is 4.18 Å². The highest BCUT2D eigenvalue weighted by atomic mass is 35.5. The summed E-state index contributed by atoms with van der Waals surface area (Å²) >= 11 is 17.5. The number of nitrogens with zero attached hydrogens (tertiary/aromatic N) is 2. The van der Waals surface area contributed by atoms with E-state index in [-0.39, 0.29) is 26.4 Å². The smallest absolute Gasteiger partial charge is 0.298 e. The van der Waals surface area contributed by atoms with Crippen LogP contribution in [0.5, 0.6) is 0 Å². The quantitative estimate of drug-likeness (QED) is 0.127. The van der Waals surface area contributed by atoms with Crippen LogP contribution in [0.2, 0.25) is 15.1 Å². The Morgan fingerprint density at radius 2 is 1.39 bits per heavy atom. The number of hydrogen-bond acceptors (Lipinski definition) is 8. The molecule has 0 heterocycles. The molecule has 6 atom stereocenters. The van der Waals surface area contributed by atoms with Crippen molar-refractivity contribution in [2.75, 3.05) is 14.2 Å². The fraction of sp³-hybridized carbons (Fsp3) is 0.636. The number of aliphatic hydroxyl groups excluding tert-OH is 1. The van der Waals surface area contributed by atoms with Gasteiger partial charge in [0.1, 0.15) is 31.5 Å². The summed E-state index contributed by atoms with van der Waals surface area (Å²) in [6.45, 7) is 6.63. The minimum absolute atomic E-state index is 0.0138. The average molecular weight is 598 g/mol. The van der Waals surface area contributed by atoms with Crippen molar-refractivity contribution in [3.05, 3.63) is 27.2 Å². The third-order valence-corrected chi connectivity index (χ3v) is 7.65. The van der Waals surface area contributed by atoms with Gasteiger partial charge in [-0.1, -0.05) is 72.8 Å². The maximum Gasteiger partial charge on any atom is 0.298 e. The first-order valence-electron chi connectivity index (χ1n) is 10.9. The largest absolute Gasteiger partial charge is 0.399 e. The Balaban J connectivity index is 0.000000860. The van der Waals surface area contributed by atoms with E-state index in [0.717, 1.165) is 18.5 Å². The maximum atomic E-state index is 14.0. The van der Waals surface area contributed by atoms with E-state index in [1.807, 2.05) is 0 Å². The second kappa shape index (κ2) is 17.3. The van der Waals surface area contributed by atoms with E-state index in [0.29, 0.717) is 6.42 Å². The Kier molecular flexibility index (Phi) is 16.7. The van der Waals surface area contributed by atoms with Crippen LogP contribution in [0.4, 0.5) is 8.78 Å². The summed E-state index contributed by atoms with van der Waals surface area (Å²) in [6.07, 6.45) is -1.56. The molecule has 1 aromatic carbocycles. The fourth-order valence-corrected chi connectivity index (χ4v) is 4.93. The van der Waals surface area contributed by atoms with Crippen LogP contribution in [0.25, 0.3) is 0 Å². The summed E-state index contributed by atoms with van der Waals surface area (Å²) in [5.41, 5.74) is 0. The molecule has 36 heavy (non-hydrogen) atoms.